The SMILES string of the molecule is CS(=O)(=O)N(CCNC(=O)c1ccc(Cl)cc1)Cc1ccncc1. The molecule has 0 saturated carbocycles. The molecule has 0 aliphatic rings. The lowest BCUT2D eigenvalue weighted by Gasteiger charge is -2.20. The van der Waals surface area contributed by atoms with Crippen LogP contribution in [0.5, 0.6) is 0 Å². The van der Waals surface area contributed by atoms with Gasteiger partial charge in [0.2, 0.25) is 10.0 Å². The summed E-state index contributed by atoms with van der Waals surface area (Å²) in [6.07, 6.45) is 4.37. The Kier molecular flexibility index (Phi) is 6.30. The number of benzene rings is 1. The topological polar surface area (TPSA) is 79.4 Å². The highest BCUT2D eigenvalue weighted by Gasteiger charge is 2.17. The molecule has 1 aromatic heterocycles. The molecule has 24 heavy (non-hydrogen) atoms. The molecule has 128 valence electrons. The Bertz CT molecular complexity index is 780. The number of pyridine rings is 1. The largest absolute Gasteiger partial charge is 0.351 e. The van der Waals surface area contributed by atoms with Crippen LogP contribution in [0.1, 0.15) is 15.9 Å². The molecule has 1 amide bonds. The summed E-state index contributed by atoms with van der Waals surface area (Å²) in [4.78, 5) is 15.9. The molecule has 6 nitrogen and oxygen atoms in total. The van der Waals surface area contributed by atoms with E-state index in [1.54, 1.807) is 48.8 Å². The Morgan fingerprint density at radius 3 is 2.38 bits per heavy atom. The van der Waals surface area contributed by atoms with E-state index < -0.39 is 10.0 Å². The van der Waals surface area contributed by atoms with E-state index in [1.165, 1.54) is 4.31 Å². The minimum absolute atomic E-state index is 0.181. The van der Waals surface area contributed by atoms with E-state index in [1.807, 2.05) is 0 Å². The number of halogens is 1. The van der Waals surface area contributed by atoms with Crippen LogP contribution in [0.4, 0.5) is 0 Å². The maximum atomic E-state index is 12.0. The molecule has 1 heterocycles. The molecule has 0 aliphatic carbocycles. The van der Waals surface area contributed by atoms with Crippen LogP contribution in [0.2, 0.25) is 5.02 Å². The highest BCUT2D eigenvalue weighted by Crippen LogP contribution is 2.10. The summed E-state index contributed by atoms with van der Waals surface area (Å²) in [7, 11) is -3.39. The molecule has 0 bridgehead atoms. The van der Waals surface area contributed by atoms with Crippen molar-refractivity contribution in [2.24, 2.45) is 0 Å². The molecule has 0 aliphatic heterocycles. The quantitative estimate of drug-likeness (QED) is 0.810. The Balaban J connectivity index is 1.93. The first-order valence-electron chi connectivity index (χ1n) is 7.24. The van der Waals surface area contributed by atoms with Gasteiger partial charge in [0.05, 0.1) is 6.26 Å². The van der Waals surface area contributed by atoms with Gasteiger partial charge in [-0.15, -0.1) is 0 Å². The van der Waals surface area contributed by atoms with Gasteiger partial charge in [0, 0.05) is 42.6 Å². The fourth-order valence-electron chi connectivity index (χ4n) is 2.05. The van der Waals surface area contributed by atoms with Gasteiger partial charge in [-0.1, -0.05) is 11.6 Å². The van der Waals surface area contributed by atoms with Crippen molar-refractivity contribution in [3.8, 4) is 0 Å². The summed E-state index contributed by atoms with van der Waals surface area (Å²) in [5.41, 5.74) is 1.30. The van der Waals surface area contributed by atoms with Gasteiger partial charge in [-0.2, -0.15) is 4.31 Å². The van der Waals surface area contributed by atoms with Crippen molar-refractivity contribution in [3.63, 3.8) is 0 Å². The number of carbonyl (C=O) groups is 1. The first kappa shape index (κ1) is 18.4. The lowest BCUT2D eigenvalue weighted by molar-refractivity contribution is 0.0951. The van der Waals surface area contributed by atoms with Crippen molar-refractivity contribution in [1.82, 2.24) is 14.6 Å². The highest BCUT2D eigenvalue weighted by molar-refractivity contribution is 7.88. The van der Waals surface area contributed by atoms with E-state index in [-0.39, 0.29) is 25.5 Å². The molecule has 8 heteroatoms. The fourth-order valence-corrected chi connectivity index (χ4v) is 2.98. The molecule has 0 radical (unpaired) electrons. The van der Waals surface area contributed by atoms with Gasteiger partial charge in [-0.05, 0) is 42.0 Å². The van der Waals surface area contributed by atoms with E-state index in [0.717, 1.165) is 11.8 Å². The van der Waals surface area contributed by atoms with Gasteiger partial charge in [-0.25, -0.2) is 8.42 Å². The molecule has 0 spiro atoms. The van der Waals surface area contributed by atoms with Gasteiger partial charge in [-0.3, -0.25) is 9.78 Å². The average Bonchev–Trinajstić information content (AvgIpc) is 2.54. The fraction of sp³-hybridized carbons (Fsp3) is 0.250. The normalized spacial score (nSPS) is 11.5. The van der Waals surface area contributed by atoms with E-state index in [4.69, 9.17) is 11.6 Å². The lowest BCUT2D eigenvalue weighted by atomic mass is 10.2. The number of hydrogen-bond donors (Lipinski definition) is 1. The number of sulfonamides is 1. The van der Waals surface area contributed by atoms with Crippen molar-refractivity contribution < 1.29 is 13.2 Å². The number of amides is 1. The van der Waals surface area contributed by atoms with Crippen LogP contribution < -0.4 is 5.32 Å². The molecule has 1 N–H and O–H groups in total. The van der Waals surface area contributed by atoms with Crippen LogP contribution in [0, 0.1) is 0 Å². The van der Waals surface area contributed by atoms with Crippen molar-refractivity contribution in [1.29, 1.82) is 0 Å². The maximum absolute atomic E-state index is 12.0. The summed E-state index contributed by atoms with van der Waals surface area (Å²) in [6.45, 7) is 0.623. The minimum atomic E-state index is -3.39. The second kappa shape index (κ2) is 8.23. The van der Waals surface area contributed by atoms with Crippen LogP contribution in [0.25, 0.3) is 0 Å². The molecule has 0 atom stereocenters. The van der Waals surface area contributed by atoms with Crippen molar-refractivity contribution >= 4 is 27.5 Å². The van der Waals surface area contributed by atoms with Crippen molar-refractivity contribution in [2.75, 3.05) is 19.3 Å². The predicted octanol–water partition coefficient (Wildman–Crippen LogP) is 1.93. The number of rotatable bonds is 7. The second-order valence-electron chi connectivity index (χ2n) is 5.21. The summed E-state index contributed by atoms with van der Waals surface area (Å²) in [5.74, 6) is -0.274. The number of nitrogens with one attached hydrogen (secondary N) is 1. The molecule has 2 aromatic rings. The maximum Gasteiger partial charge on any atom is 0.251 e. The van der Waals surface area contributed by atoms with Crippen LogP contribution in [-0.2, 0) is 16.6 Å². The van der Waals surface area contributed by atoms with Crippen LogP contribution in [0.3, 0.4) is 0 Å². The van der Waals surface area contributed by atoms with Gasteiger partial charge in [0.15, 0.2) is 0 Å². The molecule has 0 unspecified atom stereocenters. The van der Waals surface area contributed by atoms with Gasteiger partial charge in [0.1, 0.15) is 0 Å². The molecular weight excluding hydrogens is 350 g/mol. The zero-order valence-electron chi connectivity index (χ0n) is 13.1. The van der Waals surface area contributed by atoms with Crippen LogP contribution in [0.15, 0.2) is 48.8 Å². The molecule has 1 aromatic carbocycles. The standard InChI is InChI=1S/C16H18ClN3O3S/c1-24(22,23)20(12-13-6-8-18-9-7-13)11-10-19-16(21)14-2-4-15(17)5-3-14/h2-9H,10-12H2,1H3,(H,19,21). The number of carbonyl (C=O) groups excluding carboxylic acids is 1. The Labute approximate surface area is 146 Å². The van der Waals surface area contributed by atoms with Crippen molar-refractivity contribution in [3.05, 3.63) is 64.9 Å². The monoisotopic (exact) mass is 367 g/mol. The number of nitrogens with zero attached hydrogens (tertiary/aromatic N) is 2. The Morgan fingerprint density at radius 2 is 1.79 bits per heavy atom. The first-order valence-corrected chi connectivity index (χ1v) is 9.46. The number of aromatic nitrogens is 1. The van der Waals surface area contributed by atoms with Crippen LogP contribution in [-0.4, -0.2) is 43.0 Å². The van der Waals surface area contributed by atoms with E-state index in [2.05, 4.69) is 10.3 Å². The molecule has 0 fully saturated rings. The zero-order chi connectivity index (χ0) is 17.6. The number of hydrogen-bond acceptors (Lipinski definition) is 4. The zero-order valence-corrected chi connectivity index (χ0v) is 14.7. The van der Waals surface area contributed by atoms with E-state index in [0.29, 0.717) is 10.6 Å². The highest BCUT2D eigenvalue weighted by atomic mass is 35.5. The van der Waals surface area contributed by atoms with Gasteiger partial charge in [0.25, 0.3) is 5.91 Å². The summed E-state index contributed by atoms with van der Waals surface area (Å²) < 4.78 is 25.1. The smallest absolute Gasteiger partial charge is 0.251 e. The summed E-state index contributed by atoms with van der Waals surface area (Å²) in [5, 5.41) is 3.25. The van der Waals surface area contributed by atoms with E-state index >= 15 is 0 Å². The van der Waals surface area contributed by atoms with Gasteiger partial charge < -0.3 is 5.32 Å². The van der Waals surface area contributed by atoms with Crippen molar-refractivity contribution in [2.45, 2.75) is 6.54 Å². The lowest BCUT2D eigenvalue weighted by Crippen LogP contribution is -2.37. The summed E-state index contributed by atoms with van der Waals surface area (Å²) in [6, 6.07) is 9.99. The minimum Gasteiger partial charge on any atom is -0.351 e. The third-order valence-corrected chi connectivity index (χ3v) is 4.83. The van der Waals surface area contributed by atoms with Crippen LogP contribution >= 0.6 is 11.6 Å². The molecular formula is C16H18ClN3O3S. The molecule has 0 saturated heterocycles. The first-order chi connectivity index (χ1) is 11.4. The Hall–Kier alpha value is -1.96. The average molecular weight is 368 g/mol. The van der Waals surface area contributed by atoms with E-state index in [9.17, 15) is 13.2 Å². The predicted molar refractivity (Wildman–Crippen MR) is 93.3 cm³/mol. The third-order valence-electron chi connectivity index (χ3n) is 3.33. The van der Waals surface area contributed by atoms with Gasteiger partial charge >= 0.3 is 0 Å². The summed E-state index contributed by atoms with van der Waals surface area (Å²) >= 11 is 5.78. The third kappa shape index (κ3) is 5.59. The molecule has 2 rings (SSSR count). The second-order valence-corrected chi connectivity index (χ2v) is 7.63. The Morgan fingerprint density at radius 1 is 1.17 bits per heavy atom.